The van der Waals surface area contributed by atoms with E-state index in [2.05, 4.69) is 10.1 Å². The molecule has 0 aliphatic rings. The minimum absolute atomic E-state index is 0.247. The second-order valence-electron chi connectivity index (χ2n) is 4.26. The predicted molar refractivity (Wildman–Crippen MR) is 79.2 cm³/mol. The first-order valence-corrected chi connectivity index (χ1v) is 7.20. The van der Waals surface area contributed by atoms with E-state index in [1.807, 2.05) is 23.6 Å². The maximum absolute atomic E-state index is 12.5. The highest BCUT2D eigenvalue weighted by Crippen LogP contribution is 2.23. The van der Waals surface area contributed by atoms with Crippen LogP contribution in [0, 0.1) is 11.3 Å². The Balaban J connectivity index is 2.19. The summed E-state index contributed by atoms with van der Waals surface area (Å²) in [4.78, 5) is 17.4. The number of aryl methyl sites for hydroxylation is 1. The Morgan fingerprint density at radius 1 is 1.29 bits per heavy atom. The van der Waals surface area contributed by atoms with Gasteiger partial charge in [-0.2, -0.15) is 5.26 Å². The molecule has 0 fully saturated rings. The van der Waals surface area contributed by atoms with Gasteiger partial charge >= 0.3 is 5.69 Å². The van der Waals surface area contributed by atoms with Gasteiger partial charge in [0, 0.05) is 12.4 Å². The number of thiophene rings is 1. The molecule has 0 radical (unpaired) electrons. The molecule has 0 aliphatic carbocycles. The smallest absolute Gasteiger partial charge is 0.265 e. The molecule has 0 saturated carbocycles. The highest BCUT2D eigenvalue weighted by Gasteiger charge is 2.16. The van der Waals surface area contributed by atoms with Crippen LogP contribution in [0.25, 0.3) is 16.4 Å². The summed E-state index contributed by atoms with van der Waals surface area (Å²) in [5, 5.41) is 15.0. The Kier molecular flexibility index (Phi) is 3.62. The van der Waals surface area contributed by atoms with E-state index in [-0.39, 0.29) is 18.7 Å². The van der Waals surface area contributed by atoms with Crippen LogP contribution in [0.1, 0.15) is 6.42 Å². The van der Waals surface area contributed by atoms with Crippen LogP contribution >= 0.6 is 11.3 Å². The fourth-order valence-corrected chi connectivity index (χ4v) is 2.70. The molecule has 21 heavy (non-hydrogen) atoms. The molecule has 0 spiro atoms. The topological polar surface area (TPSA) is 76.5 Å². The van der Waals surface area contributed by atoms with Crippen LogP contribution in [0.4, 0.5) is 0 Å². The first-order chi connectivity index (χ1) is 10.3. The van der Waals surface area contributed by atoms with E-state index in [0.29, 0.717) is 11.5 Å². The van der Waals surface area contributed by atoms with Gasteiger partial charge in [-0.25, -0.2) is 14.0 Å². The summed E-state index contributed by atoms with van der Waals surface area (Å²) >= 11 is 1.51. The highest BCUT2D eigenvalue weighted by atomic mass is 32.1. The van der Waals surface area contributed by atoms with Crippen molar-refractivity contribution in [3.63, 3.8) is 0 Å². The van der Waals surface area contributed by atoms with Gasteiger partial charge in [0.25, 0.3) is 0 Å². The Bertz CT molecular complexity index is 827. The number of aromatic nitrogens is 4. The normalized spacial score (nSPS) is 10.4. The van der Waals surface area contributed by atoms with E-state index in [9.17, 15) is 4.79 Å². The van der Waals surface area contributed by atoms with Crippen molar-refractivity contribution in [3.8, 4) is 22.5 Å². The summed E-state index contributed by atoms with van der Waals surface area (Å²) in [5.74, 6) is 0.583. The second kappa shape index (κ2) is 5.73. The number of nitrogens with zero attached hydrogens (tertiary/aromatic N) is 5. The lowest BCUT2D eigenvalue weighted by Gasteiger charge is -2.02. The third-order valence-corrected chi connectivity index (χ3v) is 3.80. The molecule has 0 amide bonds. The molecule has 0 unspecified atom stereocenters. The molecule has 0 N–H and O–H groups in total. The third kappa shape index (κ3) is 2.49. The van der Waals surface area contributed by atoms with Gasteiger partial charge in [-0.05, 0) is 23.6 Å². The predicted octanol–water partition coefficient (Wildman–Crippen LogP) is 2.07. The summed E-state index contributed by atoms with van der Waals surface area (Å²) in [5.41, 5.74) is 0.460. The standard InChI is InChI=1S/C14H11N5OS/c15-6-2-9-18-14(20)19(11-4-7-16-8-5-11)13(17-18)12-3-1-10-21-12/h1,3-5,7-8,10H,2,9H2. The van der Waals surface area contributed by atoms with Crippen molar-refractivity contribution in [2.24, 2.45) is 0 Å². The molecule has 7 heteroatoms. The minimum Gasteiger partial charge on any atom is -0.265 e. The first-order valence-electron chi connectivity index (χ1n) is 6.32. The van der Waals surface area contributed by atoms with Gasteiger partial charge in [0.2, 0.25) is 0 Å². The summed E-state index contributed by atoms with van der Waals surface area (Å²) < 4.78 is 2.88. The van der Waals surface area contributed by atoms with Gasteiger partial charge in [-0.3, -0.25) is 4.98 Å². The highest BCUT2D eigenvalue weighted by molar-refractivity contribution is 7.13. The van der Waals surface area contributed by atoms with Crippen LogP contribution in [-0.2, 0) is 6.54 Å². The SMILES string of the molecule is N#CCCn1nc(-c2cccs2)n(-c2ccncc2)c1=O. The Hall–Kier alpha value is -2.72. The minimum atomic E-state index is -0.250. The van der Waals surface area contributed by atoms with Gasteiger partial charge in [0.1, 0.15) is 0 Å². The fraction of sp³-hybridized carbons (Fsp3) is 0.143. The van der Waals surface area contributed by atoms with E-state index in [1.54, 1.807) is 29.1 Å². The zero-order valence-electron chi connectivity index (χ0n) is 11.0. The summed E-state index contributed by atoms with van der Waals surface area (Å²) in [7, 11) is 0. The molecular formula is C14H11N5OS. The average Bonchev–Trinajstić information content (AvgIpc) is 3.14. The van der Waals surface area contributed by atoms with Crippen molar-refractivity contribution < 1.29 is 0 Å². The van der Waals surface area contributed by atoms with Crippen LogP contribution in [-0.4, -0.2) is 19.3 Å². The Morgan fingerprint density at radius 3 is 2.76 bits per heavy atom. The molecular weight excluding hydrogens is 286 g/mol. The van der Waals surface area contributed by atoms with Crippen LogP contribution in [0.3, 0.4) is 0 Å². The zero-order chi connectivity index (χ0) is 14.7. The monoisotopic (exact) mass is 297 g/mol. The van der Waals surface area contributed by atoms with Gasteiger partial charge in [-0.15, -0.1) is 16.4 Å². The lowest BCUT2D eigenvalue weighted by molar-refractivity contribution is 0.601. The van der Waals surface area contributed by atoms with Crippen LogP contribution in [0.15, 0.2) is 46.8 Å². The van der Waals surface area contributed by atoms with E-state index in [4.69, 9.17) is 5.26 Å². The van der Waals surface area contributed by atoms with Crippen LogP contribution < -0.4 is 5.69 Å². The number of hydrogen-bond acceptors (Lipinski definition) is 5. The Labute approximate surface area is 124 Å². The van der Waals surface area contributed by atoms with Gasteiger partial charge in [0.15, 0.2) is 5.82 Å². The van der Waals surface area contributed by atoms with Crippen molar-refractivity contribution in [2.75, 3.05) is 0 Å². The van der Waals surface area contributed by atoms with Gasteiger partial charge in [0.05, 0.1) is 29.6 Å². The van der Waals surface area contributed by atoms with E-state index >= 15 is 0 Å². The number of pyridine rings is 1. The van der Waals surface area contributed by atoms with E-state index in [0.717, 1.165) is 4.88 Å². The molecule has 6 nitrogen and oxygen atoms in total. The molecule has 3 heterocycles. The molecule has 0 aliphatic heterocycles. The molecule has 0 aromatic carbocycles. The number of hydrogen-bond donors (Lipinski definition) is 0. The van der Waals surface area contributed by atoms with Crippen molar-refractivity contribution in [1.82, 2.24) is 19.3 Å². The van der Waals surface area contributed by atoms with Gasteiger partial charge < -0.3 is 0 Å². The maximum Gasteiger partial charge on any atom is 0.350 e. The fourth-order valence-electron chi connectivity index (χ4n) is 2.00. The van der Waals surface area contributed by atoms with E-state index < -0.39 is 0 Å². The van der Waals surface area contributed by atoms with Gasteiger partial charge in [-0.1, -0.05) is 6.07 Å². The summed E-state index contributed by atoms with van der Waals surface area (Å²) in [6.45, 7) is 0.284. The number of nitriles is 1. The molecule has 3 aromatic heterocycles. The Morgan fingerprint density at radius 2 is 2.10 bits per heavy atom. The largest absolute Gasteiger partial charge is 0.350 e. The third-order valence-electron chi connectivity index (χ3n) is 2.94. The molecule has 3 rings (SSSR count). The van der Waals surface area contributed by atoms with Crippen LogP contribution in [0.2, 0.25) is 0 Å². The maximum atomic E-state index is 12.5. The molecule has 0 atom stereocenters. The summed E-state index contributed by atoms with van der Waals surface area (Å²) in [6.07, 6.45) is 3.51. The number of rotatable bonds is 4. The average molecular weight is 297 g/mol. The van der Waals surface area contributed by atoms with Crippen molar-refractivity contribution >= 4 is 11.3 Å². The molecule has 0 saturated heterocycles. The molecule has 0 bridgehead atoms. The quantitative estimate of drug-likeness (QED) is 0.738. The molecule has 104 valence electrons. The second-order valence-corrected chi connectivity index (χ2v) is 5.20. The van der Waals surface area contributed by atoms with Crippen molar-refractivity contribution in [1.29, 1.82) is 5.26 Å². The molecule has 3 aromatic rings. The first kappa shape index (κ1) is 13.3. The zero-order valence-corrected chi connectivity index (χ0v) is 11.8. The summed E-state index contributed by atoms with van der Waals surface area (Å²) in [6, 6.07) is 9.38. The lowest BCUT2D eigenvalue weighted by atomic mass is 10.3. The lowest BCUT2D eigenvalue weighted by Crippen LogP contribution is -2.24. The van der Waals surface area contributed by atoms with E-state index in [1.165, 1.54) is 16.0 Å². The van der Waals surface area contributed by atoms with Crippen LogP contribution in [0.5, 0.6) is 0 Å². The van der Waals surface area contributed by atoms with Crippen molar-refractivity contribution in [3.05, 3.63) is 52.5 Å². The van der Waals surface area contributed by atoms with Crippen molar-refractivity contribution in [2.45, 2.75) is 13.0 Å².